The maximum atomic E-state index is 12.1. The summed E-state index contributed by atoms with van der Waals surface area (Å²) >= 11 is 0. The average Bonchev–Trinajstić information content (AvgIpc) is 2.95. The molecule has 0 atom stereocenters. The summed E-state index contributed by atoms with van der Waals surface area (Å²) in [5.74, 6) is 0.139. The number of nitrogen functional groups attached to an aromatic ring is 1. The van der Waals surface area contributed by atoms with E-state index in [1.54, 1.807) is 0 Å². The number of carbonyl (C=O) groups excluding carboxylic acids is 1. The molecule has 1 aromatic carbocycles. The van der Waals surface area contributed by atoms with Gasteiger partial charge in [0.25, 0.3) is 0 Å². The van der Waals surface area contributed by atoms with Crippen LogP contribution in [0.2, 0.25) is 0 Å². The van der Waals surface area contributed by atoms with Gasteiger partial charge in [0.1, 0.15) is 0 Å². The highest BCUT2D eigenvalue weighted by Gasteiger charge is 2.35. The smallest absolute Gasteiger partial charge is 0.220 e. The first-order valence-corrected chi connectivity index (χ1v) is 7.80. The number of nitrogens with zero attached hydrogens (tertiary/aromatic N) is 1. The van der Waals surface area contributed by atoms with E-state index < -0.39 is 0 Å². The van der Waals surface area contributed by atoms with E-state index in [1.807, 2.05) is 24.3 Å². The molecule has 0 aromatic heterocycles. The molecule has 0 bridgehead atoms. The lowest BCUT2D eigenvalue weighted by Gasteiger charge is -2.36. The standard InChI is InChI=1S/C17H27N3O/c1-20(2)17(11-3-4-12-17)13-19-16(21)10-7-14-5-8-15(18)9-6-14/h5-6,8-9H,3-4,7,10-13,18H2,1-2H3,(H,19,21). The number of amides is 1. The Kier molecular flexibility index (Phi) is 5.23. The molecule has 2 rings (SSSR count). The Morgan fingerprint density at radius 2 is 1.86 bits per heavy atom. The van der Waals surface area contributed by atoms with Crippen LogP contribution in [-0.4, -0.2) is 37.0 Å². The van der Waals surface area contributed by atoms with Gasteiger partial charge in [-0.25, -0.2) is 0 Å². The van der Waals surface area contributed by atoms with Crippen LogP contribution < -0.4 is 11.1 Å². The summed E-state index contributed by atoms with van der Waals surface area (Å²) in [6.45, 7) is 0.764. The Bertz CT molecular complexity index is 461. The molecular formula is C17H27N3O. The number of hydrogen-bond donors (Lipinski definition) is 2. The van der Waals surface area contributed by atoms with E-state index in [-0.39, 0.29) is 11.4 Å². The van der Waals surface area contributed by atoms with E-state index in [0.29, 0.717) is 6.42 Å². The van der Waals surface area contributed by atoms with E-state index in [1.165, 1.54) is 25.7 Å². The molecule has 4 heteroatoms. The van der Waals surface area contributed by atoms with Gasteiger partial charge in [-0.15, -0.1) is 0 Å². The molecule has 116 valence electrons. The number of likely N-dealkylation sites (N-methyl/N-ethyl adjacent to an activating group) is 1. The van der Waals surface area contributed by atoms with Gasteiger partial charge in [0.15, 0.2) is 0 Å². The fraction of sp³-hybridized carbons (Fsp3) is 0.588. The molecule has 1 amide bonds. The second kappa shape index (κ2) is 6.94. The van der Waals surface area contributed by atoms with Gasteiger partial charge < -0.3 is 16.0 Å². The lowest BCUT2D eigenvalue weighted by molar-refractivity contribution is -0.121. The average molecular weight is 289 g/mol. The highest BCUT2D eigenvalue weighted by molar-refractivity contribution is 5.76. The van der Waals surface area contributed by atoms with Crippen LogP contribution in [0.1, 0.15) is 37.7 Å². The predicted octanol–water partition coefficient (Wildman–Crippen LogP) is 2.19. The molecule has 1 aliphatic rings. The molecule has 1 aromatic rings. The minimum absolute atomic E-state index is 0.139. The quantitative estimate of drug-likeness (QED) is 0.789. The molecule has 3 N–H and O–H groups in total. The van der Waals surface area contributed by atoms with E-state index >= 15 is 0 Å². The zero-order valence-electron chi connectivity index (χ0n) is 13.2. The fourth-order valence-electron chi connectivity index (χ4n) is 3.11. The lowest BCUT2D eigenvalue weighted by atomic mass is 9.96. The SMILES string of the molecule is CN(C)C1(CNC(=O)CCc2ccc(N)cc2)CCCC1. The largest absolute Gasteiger partial charge is 0.399 e. The van der Waals surface area contributed by atoms with Crippen LogP contribution >= 0.6 is 0 Å². The molecule has 0 aliphatic heterocycles. The first kappa shape index (κ1) is 15.8. The second-order valence-corrected chi connectivity index (χ2v) is 6.34. The van der Waals surface area contributed by atoms with Crippen LogP contribution in [0.4, 0.5) is 5.69 Å². The highest BCUT2D eigenvalue weighted by atomic mass is 16.1. The van der Waals surface area contributed by atoms with Crippen molar-refractivity contribution in [2.45, 2.75) is 44.1 Å². The number of rotatable bonds is 6. The molecule has 0 heterocycles. The van der Waals surface area contributed by atoms with Crippen LogP contribution in [0.3, 0.4) is 0 Å². The molecule has 0 unspecified atom stereocenters. The lowest BCUT2D eigenvalue weighted by Crippen LogP contribution is -2.50. The number of benzene rings is 1. The number of hydrogen-bond acceptors (Lipinski definition) is 3. The topological polar surface area (TPSA) is 58.4 Å². The summed E-state index contributed by atoms with van der Waals surface area (Å²) in [5, 5.41) is 3.12. The maximum absolute atomic E-state index is 12.1. The molecule has 1 fully saturated rings. The minimum atomic E-state index is 0.139. The van der Waals surface area contributed by atoms with Crippen molar-refractivity contribution in [2.24, 2.45) is 0 Å². The summed E-state index contributed by atoms with van der Waals surface area (Å²) in [4.78, 5) is 14.3. The first-order valence-electron chi connectivity index (χ1n) is 7.80. The molecule has 1 aliphatic carbocycles. The molecule has 0 radical (unpaired) electrons. The van der Waals surface area contributed by atoms with Gasteiger partial charge in [0.2, 0.25) is 5.91 Å². The van der Waals surface area contributed by atoms with Crippen LogP contribution in [0.25, 0.3) is 0 Å². The Hall–Kier alpha value is -1.55. The van der Waals surface area contributed by atoms with Crippen LogP contribution in [0.5, 0.6) is 0 Å². The zero-order chi connectivity index (χ0) is 15.3. The Labute approximate surface area is 127 Å². The van der Waals surface area contributed by atoms with Crippen molar-refractivity contribution in [3.8, 4) is 0 Å². The number of carbonyl (C=O) groups is 1. The monoisotopic (exact) mass is 289 g/mol. The molecule has 0 spiro atoms. The first-order chi connectivity index (χ1) is 10.0. The van der Waals surface area contributed by atoms with Crippen LogP contribution in [-0.2, 0) is 11.2 Å². The molecule has 21 heavy (non-hydrogen) atoms. The van der Waals surface area contributed by atoms with Crippen molar-refractivity contribution >= 4 is 11.6 Å². The minimum Gasteiger partial charge on any atom is -0.399 e. The molecule has 0 saturated heterocycles. The third-order valence-corrected chi connectivity index (χ3v) is 4.72. The summed E-state index contributed by atoms with van der Waals surface area (Å²) in [5.41, 5.74) is 7.74. The predicted molar refractivity (Wildman–Crippen MR) is 87.1 cm³/mol. The number of nitrogens with one attached hydrogen (secondary N) is 1. The summed E-state index contributed by atoms with van der Waals surface area (Å²) in [6.07, 6.45) is 6.18. The second-order valence-electron chi connectivity index (χ2n) is 6.34. The van der Waals surface area contributed by atoms with E-state index in [0.717, 1.165) is 24.2 Å². The molecule has 4 nitrogen and oxygen atoms in total. The Balaban J connectivity index is 1.78. The number of anilines is 1. The van der Waals surface area contributed by atoms with Crippen molar-refractivity contribution < 1.29 is 4.79 Å². The van der Waals surface area contributed by atoms with Gasteiger partial charge in [0, 0.05) is 24.2 Å². The highest BCUT2D eigenvalue weighted by Crippen LogP contribution is 2.33. The van der Waals surface area contributed by atoms with Gasteiger partial charge in [-0.05, 0) is 51.1 Å². The van der Waals surface area contributed by atoms with E-state index in [2.05, 4.69) is 24.3 Å². The van der Waals surface area contributed by atoms with Gasteiger partial charge in [-0.1, -0.05) is 25.0 Å². The van der Waals surface area contributed by atoms with E-state index in [4.69, 9.17) is 5.73 Å². The van der Waals surface area contributed by atoms with Crippen LogP contribution in [0, 0.1) is 0 Å². The summed E-state index contributed by atoms with van der Waals surface area (Å²) < 4.78 is 0. The Morgan fingerprint density at radius 1 is 1.24 bits per heavy atom. The van der Waals surface area contributed by atoms with Gasteiger partial charge in [0.05, 0.1) is 0 Å². The van der Waals surface area contributed by atoms with Gasteiger partial charge in [-0.3, -0.25) is 4.79 Å². The number of nitrogens with two attached hydrogens (primary N) is 1. The third kappa shape index (κ3) is 4.21. The van der Waals surface area contributed by atoms with Crippen molar-refractivity contribution in [1.82, 2.24) is 10.2 Å². The summed E-state index contributed by atoms with van der Waals surface area (Å²) in [7, 11) is 4.23. The van der Waals surface area contributed by atoms with Crippen molar-refractivity contribution in [3.05, 3.63) is 29.8 Å². The third-order valence-electron chi connectivity index (χ3n) is 4.72. The van der Waals surface area contributed by atoms with Gasteiger partial charge >= 0.3 is 0 Å². The van der Waals surface area contributed by atoms with Crippen molar-refractivity contribution in [2.75, 3.05) is 26.4 Å². The van der Waals surface area contributed by atoms with Crippen molar-refractivity contribution in [3.63, 3.8) is 0 Å². The number of aryl methyl sites for hydroxylation is 1. The molecule has 1 saturated carbocycles. The van der Waals surface area contributed by atoms with E-state index in [9.17, 15) is 4.79 Å². The zero-order valence-corrected chi connectivity index (χ0v) is 13.2. The summed E-state index contributed by atoms with van der Waals surface area (Å²) in [6, 6.07) is 7.74. The normalized spacial score (nSPS) is 17.1. The van der Waals surface area contributed by atoms with Gasteiger partial charge in [-0.2, -0.15) is 0 Å². The van der Waals surface area contributed by atoms with Crippen LogP contribution in [0.15, 0.2) is 24.3 Å². The Morgan fingerprint density at radius 3 is 2.43 bits per heavy atom. The maximum Gasteiger partial charge on any atom is 0.220 e. The molecular weight excluding hydrogens is 262 g/mol. The van der Waals surface area contributed by atoms with Crippen molar-refractivity contribution in [1.29, 1.82) is 0 Å². The fourth-order valence-corrected chi connectivity index (χ4v) is 3.11.